The number of nitriles is 1. The second kappa shape index (κ2) is 10.9. The van der Waals surface area contributed by atoms with Crippen molar-refractivity contribution < 1.29 is 9.84 Å². The third-order valence-electron chi connectivity index (χ3n) is 5.68. The maximum absolute atomic E-state index is 10.6. The Morgan fingerprint density at radius 3 is 2.72 bits per heavy atom. The number of ether oxygens (including phenoxy) is 1. The number of aromatic hydroxyl groups is 1. The molecule has 7 heteroatoms. The van der Waals surface area contributed by atoms with Crippen molar-refractivity contribution in [3.8, 4) is 28.8 Å². The second-order valence-electron chi connectivity index (χ2n) is 7.75. The van der Waals surface area contributed by atoms with Gasteiger partial charge in [0.05, 0.1) is 23.4 Å². The maximum Gasteiger partial charge on any atom is 0.142 e. The number of anilines is 1. The molecule has 4 N–H and O–H groups in total. The van der Waals surface area contributed by atoms with Crippen molar-refractivity contribution in [1.29, 1.82) is 5.26 Å². The summed E-state index contributed by atoms with van der Waals surface area (Å²) in [6, 6.07) is 19.4. The molecule has 1 aromatic heterocycles. The number of halogens is 1. The zero-order valence-electron chi connectivity index (χ0n) is 17.8. The minimum absolute atomic E-state index is 0. The number of phenols is 1. The molecule has 1 aliphatic rings. The van der Waals surface area contributed by atoms with Crippen LogP contribution in [-0.4, -0.2) is 29.8 Å². The van der Waals surface area contributed by atoms with Crippen molar-refractivity contribution >= 4 is 18.2 Å². The highest BCUT2D eigenvalue weighted by molar-refractivity contribution is 5.85. The third-order valence-corrected chi connectivity index (χ3v) is 5.68. The van der Waals surface area contributed by atoms with E-state index in [0.29, 0.717) is 29.2 Å². The molecule has 0 amide bonds. The highest BCUT2D eigenvalue weighted by atomic mass is 35.5. The predicted octanol–water partition coefficient (Wildman–Crippen LogP) is 4.42. The summed E-state index contributed by atoms with van der Waals surface area (Å²) in [7, 11) is 0. The molecule has 2 heterocycles. The molecular weight excluding hydrogens is 424 g/mol. The van der Waals surface area contributed by atoms with E-state index in [2.05, 4.69) is 28.5 Å². The zero-order valence-corrected chi connectivity index (χ0v) is 18.6. The van der Waals surface area contributed by atoms with Crippen LogP contribution in [0.5, 0.6) is 11.5 Å². The summed E-state index contributed by atoms with van der Waals surface area (Å²) < 4.78 is 6.04. The number of phenolic OH excluding ortho intramolecular Hbond substituents is 1. The molecule has 1 aliphatic heterocycles. The average Bonchev–Trinajstić information content (AvgIpc) is 2.80. The Morgan fingerprint density at radius 1 is 1.19 bits per heavy atom. The van der Waals surface area contributed by atoms with Crippen molar-refractivity contribution in [3.63, 3.8) is 0 Å². The summed E-state index contributed by atoms with van der Waals surface area (Å²) in [5.74, 6) is 0.974. The van der Waals surface area contributed by atoms with E-state index in [0.717, 1.165) is 37.9 Å². The van der Waals surface area contributed by atoms with Crippen molar-refractivity contribution in [3.05, 3.63) is 71.3 Å². The highest BCUT2D eigenvalue weighted by Gasteiger charge is 2.23. The van der Waals surface area contributed by atoms with Gasteiger partial charge in [-0.05, 0) is 54.6 Å². The summed E-state index contributed by atoms with van der Waals surface area (Å²) in [5.41, 5.74) is 9.66. The second-order valence-corrected chi connectivity index (χ2v) is 7.75. The van der Waals surface area contributed by atoms with E-state index < -0.39 is 0 Å². The first-order chi connectivity index (χ1) is 15.2. The Labute approximate surface area is 194 Å². The van der Waals surface area contributed by atoms with Crippen molar-refractivity contribution in [2.45, 2.75) is 25.2 Å². The molecule has 1 unspecified atom stereocenters. The van der Waals surface area contributed by atoms with Crippen LogP contribution in [0.3, 0.4) is 0 Å². The fourth-order valence-corrected chi connectivity index (χ4v) is 4.10. The number of hydrogen-bond acceptors (Lipinski definition) is 6. The summed E-state index contributed by atoms with van der Waals surface area (Å²) in [6.07, 6.45) is 2.77. The quantitative estimate of drug-likeness (QED) is 0.513. The lowest BCUT2D eigenvalue weighted by Gasteiger charge is -2.25. The van der Waals surface area contributed by atoms with Gasteiger partial charge in [-0.3, -0.25) is 0 Å². The Balaban J connectivity index is 0.00000289. The van der Waals surface area contributed by atoms with Crippen LogP contribution in [-0.2, 0) is 6.42 Å². The Hall–Kier alpha value is -3.27. The lowest BCUT2D eigenvalue weighted by atomic mass is 9.88. The maximum atomic E-state index is 10.6. The standard InChI is InChI=1S/C25H26N4O2.ClH/c26-15-20-19(18-8-5-12-28-16-18)14-21(29-25(20)27)24-22(30)9-4-10-23(24)31-13-11-17-6-2-1-3-7-17;/h1-4,6-7,9-10,14,18,28,30H,5,8,11-13,16H2,(H2,27,29);1H. The molecule has 0 radical (unpaired) electrons. The average molecular weight is 451 g/mol. The van der Waals surface area contributed by atoms with Gasteiger partial charge in [-0.25, -0.2) is 4.98 Å². The van der Waals surface area contributed by atoms with E-state index >= 15 is 0 Å². The molecule has 0 bridgehead atoms. The lowest BCUT2D eigenvalue weighted by Crippen LogP contribution is -2.29. The normalized spacial score (nSPS) is 15.4. The molecule has 4 rings (SSSR count). The van der Waals surface area contributed by atoms with E-state index in [1.165, 1.54) is 5.56 Å². The van der Waals surface area contributed by atoms with Gasteiger partial charge >= 0.3 is 0 Å². The van der Waals surface area contributed by atoms with Crippen LogP contribution in [0.15, 0.2) is 54.6 Å². The number of nitrogens with two attached hydrogens (primary N) is 1. The van der Waals surface area contributed by atoms with Crippen LogP contribution in [0.1, 0.15) is 35.4 Å². The van der Waals surface area contributed by atoms with Gasteiger partial charge in [-0.2, -0.15) is 5.26 Å². The predicted molar refractivity (Wildman–Crippen MR) is 128 cm³/mol. The first kappa shape index (κ1) is 23.4. The Morgan fingerprint density at radius 2 is 2.00 bits per heavy atom. The fourth-order valence-electron chi connectivity index (χ4n) is 4.10. The van der Waals surface area contributed by atoms with Crippen LogP contribution in [0.2, 0.25) is 0 Å². The van der Waals surface area contributed by atoms with E-state index in [4.69, 9.17) is 10.5 Å². The molecule has 1 atom stereocenters. The summed E-state index contributed by atoms with van der Waals surface area (Å²) in [6.45, 7) is 2.23. The molecule has 32 heavy (non-hydrogen) atoms. The molecule has 166 valence electrons. The van der Waals surface area contributed by atoms with Crippen molar-refractivity contribution in [2.75, 3.05) is 25.4 Å². The van der Waals surface area contributed by atoms with Crippen molar-refractivity contribution in [2.24, 2.45) is 0 Å². The number of nitrogens with one attached hydrogen (secondary N) is 1. The number of pyridine rings is 1. The van der Waals surface area contributed by atoms with Gasteiger partial charge in [0.1, 0.15) is 23.4 Å². The topological polar surface area (TPSA) is 104 Å². The van der Waals surface area contributed by atoms with Gasteiger partial charge in [0.25, 0.3) is 0 Å². The first-order valence-electron chi connectivity index (χ1n) is 10.6. The number of nitrogen functional groups attached to an aromatic ring is 1. The molecule has 0 saturated carbocycles. The van der Waals surface area contributed by atoms with Gasteiger partial charge < -0.3 is 20.9 Å². The minimum Gasteiger partial charge on any atom is -0.507 e. The number of rotatable bonds is 6. The minimum atomic E-state index is 0. The van der Waals surface area contributed by atoms with Gasteiger partial charge in [-0.1, -0.05) is 36.4 Å². The Bertz CT molecular complexity index is 1090. The van der Waals surface area contributed by atoms with Gasteiger partial charge in [0.15, 0.2) is 0 Å². The third kappa shape index (κ3) is 5.13. The van der Waals surface area contributed by atoms with Crippen LogP contribution in [0.4, 0.5) is 5.82 Å². The van der Waals surface area contributed by atoms with Gasteiger partial charge in [-0.15, -0.1) is 12.4 Å². The molecule has 0 aliphatic carbocycles. The van der Waals surface area contributed by atoms with Crippen LogP contribution in [0.25, 0.3) is 11.3 Å². The SMILES string of the molecule is Cl.N#Cc1c(C2CCCNC2)cc(-c2c(O)cccc2OCCc2ccccc2)nc1N. The molecule has 6 nitrogen and oxygen atoms in total. The van der Waals surface area contributed by atoms with E-state index in [-0.39, 0.29) is 29.9 Å². The smallest absolute Gasteiger partial charge is 0.142 e. The molecule has 2 aromatic carbocycles. The molecular formula is C25H27ClN4O2. The Kier molecular flexibility index (Phi) is 7.93. The number of benzene rings is 2. The number of hydrogen-bond donors (Lipinski definition) is 3. The summed E-state index contributed by atoms with van der Waals surface area (Å²) in [4.78, 5) is 4.45. The summed E-state index contributed by atoms with van der Waals surface area (Å²) >= 11 is 0. The number of nitrogens with zero attached hydrogens (tertiary/aromatic N) is 2. The molecule has 3 aromatic rings. The van der Waals surface area contributed by atoms with Gasteiger partial charge in [0.2, 0.25) is 0 Å². The van der Waals surface area contributed by atoms with Crippen molar-refractivity contribution in [1.82, 2.24) is 10.3 Å². The monoisotopic (exact) mass is 450 g/mol. The van der Waals surface area contributed by atoms with Crippen LogP contribution in [0, 0.1) is 11.3 Å². The largest absolute Gasteiger partial charge is 0.507 e. The first-order valence-corrected chi connectivity index (χ1v) is 10.6. The van der Waals surface area contributed by atoms with E-state index in [1.54, 1.807) is 12.1 Å². The summed E-state index contributed by atoms with van der Waals surface area (Å²) in [5, 5.41) is 23.7. The van der Waals surface area contributed by atoms with Gasteiger partial charge in [0, 0.05) is 13.0 Å². The molecule has 1 saturated heterocycles. The molecule has 0 spiro atoms. The lowest BCUT2D eigenvalue weighted by molar-refractivity contribution is 0.321. The number of piperidine rings is 1. The molecule has 1 fully saturated rings. The zero-order chi connectivity index (χ0) is 21.6. The van der Waals surface area contributed by atoms with Crippen LogP contribution >= 0.6 is 12.4 Å². The highest BCUT2D eigenvalue weighted by Crippen LogP contribution is 2.40. The van der Waals surface area contributed by atoms with E-state index in [1.807, 2.05) is 30.3 Å². The van der Waals surface area contributed by atoms with Crippen LogP contribution < -0.4 is 15.8 Å². The number of aromatic nitrogens is 1. The van der Waals surface area contributed by atoms with E-state index in [9.17, 15) is 10.4 Å². The fraction of sp³-hybridized carbons (Fsp3) is 0.280.